The van der Waals surface area contributed by atoms with Crippen LogP contribution in [0.4, 0.5) is 36.1 Å². The Morgan fingerprint density at radius 3 is 1.88 bits per heavy atom. The first-order valence-corrected chi connectivity index (χ1v) is 10.3. The van der Waals surface area contributed by atoms with Gasteiger partial charge < -0.3 is 4.90 Å². The molecular formula is C25H18ClF3N4. The van der Waals surface area contributed by atoms with Gasteiger partial charge in [-0.15, -0.1) is 0 Å². The van der Waals surface area contributed by atoms with Gasteiger partial charge in [-0.1, -0.05) is 60.1 Å². The normalized spacial score (nSPS) is 11.5. The van der Waals surface area contributed by atoms with Crippen LogP contribution in [0.5, 0.6) is 0 Å². The lowest BCUT2D eigenvalue weighted by molar-refractivity contribution is -0.137. The summed E-state index contributed by atoms with van der Waals surface area (Å²) in [6.45, 7) is 0. The molecule has 0 amide bonds. The Labute approximate surface area is 194 Å². The van der Waals surface area contributed by atoms with E-state index in [1.165, 1.54) is 6.21 Å². The molecule has 1 aromatic heterocycles. The fraction of sp³-hybridized carbons (Fsp3) is 0.0400. The summed E-state index contributed by atoms with van der Waals surface area (Å²) in [5, 5.41) is 3.87. The third-order valence-corrected chi connectivity index (χ3v) is 5.02. The van der Waals surface area contributed by atoms with Gasteiger partial charge in [-0.05, 0) is 48.0 Å². The van der Waals surface area contributed by atoms with E-state index in [0.29, 0.717) is 6.20 Å². The maximum absolute atomic E-state index is 12.7. The Balaban J connectivity index is 1.51. The number of anilines is 4. The number of halogens is 4. The molecule has 4 aromatic rings. The van der Waals surface area contributed by atoms with E-state index in [2.05, 4.69) is 20.4 Å². The summed E-state index contributed by atoms with van der Waals surface area (Å²) in [5.74, 6) is 0.0388. The number of aromatic nitrogens is 1. The molecule has 4 rings (SSSR count). The minimum atomic E-state index is -4.51. The molecule has 0 atom stereocenters. The van der Waals surface area contributed by atoms with Crippen molar-refractivity contribution in [3.63, 3.8) is 0 Å². The van der Waals surface area contributed by atoms with E-state index in [0.717, 1.165) is 28.7 Å². The van der Waals surface area contributed by atoms with Crippen LogP contribution in [0, 0.1) is 0 Å². The van der Waals surface area contributed by atoms with Gasteiger partial charge in [0, 0.05) is 23.3 Å². The molecule has 33 heavy (non-hydrogen) atoms. The maximum Gasteiger partial charge on any atom is 0.417 e. The van der Waals surface area contributed by atoms with Crippen molar-refractivity contribution < 1.29 is 13.2 Å². The van der Waals surface area contributed by atoms with Crippen LogP contribution < -0.4 is 10.3 Å². The third kappa shape index (κ3) is 5.51. The number of alkyl halides is 3. The second-order valence-electron chi connectivity index (χ2n) is 7.02. The first-order chi connectivity index (χ1) is 15.9. The molecule has 0 spiro atoms. The van der Waals surface area contributed by atoms with Crippen molar-refractivity contribution in [3.8, 4) is 0 Å². The molecule has 0 aliphatic heterocycles. The molecule has 0 saturated heterocycles. The summed E-state index contributed by atoms with van der Waals surface area (Å²) in [6, 6.07) is 28.5. The highest BCUT2D eigenvalue weighted by atomic mass is 35.5. The van der Waals surface area contributed by atoms with E-state index in [9.17, 15) is 13.2 Å². The van der Waals surface area contributed by atoms with Crippen LogP contribution in [0.15, 0.2) is 102 Å². The largest absolute Gasteiger partial charge is 0.417 e. The number of rotatable bonds is 6. The van der Waals surface area contributed by atoms with Gasteiger partial charge in [-0.2, -0.15) is 18.3 Å². The van der Waals surface area contributed by atoms with Crippen molar-refractivity contribution in [1.29, 1.82) is 0 Å². The molecule has 0 fully saturated rings. The van der Waals surface area contributed by atoms with Gasteiger partial charge in [-0.25, -0.2) is 4.98 Å². The van der Waals surface area contributed by atoms with Crippen molar-refractivity contribution in [3.05, 3.63) is 113 Å². The Morgan fingerprint density at radius 1 is 0.818 bits per heavy atom. The first kappa shape index (κ1) is 22.4. The van der Waals surface area contributed by atoms with Gasteiger partial charge in [0.2, 0.25) is 0 Å². The van der Waals surface area contributed by atoms with Crippen LogP contribution in [0.3, 0.4) is 0 Å². The highest BCUT2D eigenvalue weighted by molar-refractivity contribution is 6.33. The lowest BCUT2D eigenvalue weighted by Gasteiger charge is -2.25. The quantitative estimate of drug-likeness (QED) is 0.234. The lowest BCUT2D eigenvalue weighted by atomic mass is 10.1. The van der Waals surface area contributed by atoms with Crippen molar-refractivity contribution in [1.82, 2.24) is 4.98 Å². The molecule has 166 valence electrons. The fourth-order valence-corrected chi connectivity index (χ4v) is 3.36. The molecule has 3 aromatic carbocycles. The summed E-state index contributed by atoms with van der Waals surface area (Å²) in [4.78, 5) is 5.83. The number of hydrogen-bond acceptors (Lipinski definition) is 4. The zero-order chi connectivity index (χ0) is 23.3. The Morgan fingerprint density at radius 2 is 1.36 bits per heavy atom. The van der Waals surface area contributed by atoms with Crippen LogP contribution >= 0.6 is 11.6 Å². The predicted octanol–water partition coefficient (Wildman–Crippen LogP) is 7.67. The number of hydrogen-bond donors (Lipinski definition) is 1. The van der Waals surface area contributed by atoms with Crippen molar-refractivity contribution in [2.45, 2.75) is 6.18 Å². The smallest absolute Gasteiger partial charge is 0.311 e. The number of nitrogens with zero attached hydrogens (tertiary/aromatic N) is 3. The standard InChI is InChI=1S/C25H18ClF3N4/c26-23-15-19(25(27,28)29)17-30-24(23)32-31-16-18-11-13-22(14-12-18)33(20-7-3-1-4-8-20)21-9-5-2-6-10-21/h1-17H,(H,30,32)/b31-16+. The van der Waals surface area contributed by atoms with E-state index in [4.69, 9.17) is 11.6 Å². The highest BCUT2D eigenvalue weighted by Crippen LogP contribution is 2.34. The summed E-state index contributed by atoms with van der Waals surface area (Å²) < 4.78 is 38.2. The third-order valence-electron chi connectivity index (χ3n) is 4.73. The number of benzene rings is 3. The molecule has 0 aliphatic rings. The zero-order valence-electron chi connectivity index (χ0n) is 17.2. The summed E-state index contributed by atoms with van der Waals surface area (Å²) in [7, 11) is 0. The SMILES string of the molecule is FC(F)(F)c1cnc(N/N=C/c2ccc(N(c3ccccc3)c3ccccc3)cc2)c(Cl)c1. The van der Waals surface area contributed by atoms with Gasteiger partial charge in [0.25, 0.3) is 0 Å². The molecular weight excluding hydrogens is 449 g/mol. The average molecular weight is 467 g/mol. The van der Waals surface area contributed by atoms with Crippen LogP contribution in [0.25, 0.3) is 0 Å². The number of hydrazone groups is 1. The summed E-state index contributed by atoms with van der Waals surface area (Å²) >= 11 is 5.88. The van der Waals surface area contributed by atoms with Crippen molar-refractivity contribution >= 4 is 40.7 Å². The van der Waals surface area contributed by atoms with Crippen LogP contribution in [0.1, 0.15) is 11.1 Å². The van der Waals surface area contributed by atoms with Crippen molar-refractivity contribution in [2.75, 3.05) is 10.3 Å². The van der Waals surface area contributed by atoms with Crippen LogP contribution in [-0.2, 0) is 6.18 Å². The Hall–Kier alpha value is -3.84. The summed E-state index contributed by atoms with van der Waals surface area (Å²) in [5.41, 5.74) is 5.46. The predicted molar refractivity (Wildman–Crippen MR) is 127 cm³/mol. The molecule has 8 heteroatoms. The average Bonchev–Trinajstić information content (AvgIpc) is 2.82. The van der Waals surface area contributed by atoms with Gasteiger partial charge in [0.1, 0.15) is 0 Å². The first-order valence-electron chi connectivity index (χ1n) is 9.94. The maximum atomic E-state index is 12.7. The molecule has 1 N–H and O–H groups in total. The van der Waals surface area contributed by atoms with Crippen LogP contribution in [0.2, 0.25) is 5.02 Å². The molecule has 0 saturated carbocycles. The van der Waals surface area contributed by atoms with Gasteiger partial charge in [0.05, 0.1) is 16.8 Å². The Kier molecular flexibility index (Phi) is 6.60. The Bertz CT molecular complexity index is 1190. The molecule has 0 radical (unpaired) electrons. The van der Waals surface area contributed by atoms with E-state index < -0.39 is 11.7 Å². The second kappa shape index (κ2) is 9.75. The van der Waals surface area contributed by atoms with E-state index >= 15 is 0 Å². The molecule has 0 aliphatic carbocycles. The van der Waals surface area contributed by atoms with Gasteiger partial charge in [-0.3, -0.25) is 5.43 Å². The van der Waals surface area contributed by atoms with Crippen molar-refractivity contribution in [2.24, 2.45) is 5.10 Å². The topological polar surface area (TPSA) is 40.5 Å². The number of nitrogens with one attached hydrogen (secondary N) is 1. The fourth-order valence-electron chi connectivity index (χ4n) is 3.15. The molecule has 1 heterocycles. The second-order valence-corrected chi connectivity index (χ2v) is 7.43. The molecule has 0 bridgehead atoms. The minimum absolute atomic E-state index is 0.0388. The number of pyridine rings is 1. The van der Waals surface area contributed by atoms with E-state index in [1.807, 2.05) is 84.9 Å². The van der Waals surface area contributed by atoms with Gasteiger partial charge >= 0.3 is 6.18 Å². The zero-order valence-corrected chi connectivity index (χ0v) is 17.9. The van der Waals surface area contributed by atoms with Gasteiger partial charge in [0.15, 0.2) is 5.82 Å². The molecule has 4 nitrogen and oxygen atoms in total. The minimum Gasteiger partial charge on any atom is -0.311 e. The number of para-hydroxylation sites is 2. The lowest BCUT2D eigenvalue weighted by Crippen LogP contribution is -2.09. The molecule has 0 unspecified atom stereocenters. The van der Waals surface area contributed by atoms with E-state index in [-0.39, 0.29) is 10.8 Å². The summed E-state index contributed by atoms with van der Waals surface area (Å²) in [6.07, 6.45) is -2.26. The highest BCUT2D eigenvalue weighted by Gasteiger charge is 2.31. The monoisotopic (exact) mass is 466 g/mol. The van der Waals surface area contributed by atoms with Crippen LogP contribution in [-0.4, -0.2) is 11.2 Å². The van der Waals surface area contributed by atoms with E-state index in [1.54, 1.807) is 0 Å².